The number of hydrogen-bond donors (Lipinski definition) is 1. The van der Waals surface area contributed by atoms with Gasteiger partial charge >= 0.3 is 6.16 Å². The van der Waals surface area contributed by atoms with Crippen LogP contribution < -0.4 is 4.74 Å². The Morgan fingerprint density at radius 2 is 1.89 bits per heavy atom. The lowest BCUT2D eigenvalue weighted by Gasteiger charge is -2.07. The normalized spacial score (nSPS) is 10.3. The predicted octanol–water partition coefficient (Wildman–Crippen LogP) is 3.83. The van der Waals surface area contributed by atoms with Crippen molar-refractivity contribution in [3.05, 3.63) is 41.6 Å². The van der Waals surface area contributed by atoms with Crippen molar-refractivity contribution in [1.29, 1.82) is 0 Å². The molecule has 0 amide bonds. The predicted molar refractivity (Wildman–Crippen MR) is 73.4 cm³/mol. The third-order valence-electron chi connectivity index (χ3n) is 2.83. The van der Waals surface area contributed by atoms with Crippen molar-refractivity contribution in [3.63, 3.8) is 0 Å². The molecule has 0 saturated heterocycles. The summed E-state index contributed by atoms with van der Waals surface area (Å²) < 4.78 is 9.96. The van der Waals surface area contributed by atoms with Crippen LogP contribution in [0.3, 0.4) is 0 Å². The van der Waals surface area contributed by atoms with Crippen molar-refractivity contribution < 1.29 is 14.3 Å². The molecular weight excluding hydrogens is 242 g/mol. The summed E-state index contributed by atoms with van der Waals surface area (Å²) in [5.74, 6) is 0.416. The first kappa shape index (κ1) is 13.2. The fourth-order valence-electron chi connectivity index (χ4n) is 1.89. The van der Waals surface area contributed by atoms with Crippen LogP contribution in [0.4, 0.5) is 4.79 Å². The first-order valence-electron chi connectivity index (χ1n) is 6.21. The first-order valence-corrected chi connectivity index (χ1v) is 6.21. The summed E-state index contributed by atoms with van der Waals surface area (Å²) in [6.45, 7) is 6.02. The largest absolute Gasteiger partial charge is 0.515 e. The van der Waals surface area contributed by atoms with Crippen LogP contribution >= 0.6 is 0 Å². The van der Waals surface area contributed by atoms with E-state index in [9.17, 15) is 4.79 Å². The van der Waals surface area contributed by atoms with Gasteiger partial charge in [0.25, 0.3) is 0 Å². The van der Waals surface area contributed by atoms with Gasteiger partial charge in [0.05, 0.1) is 6.61 Å². The van der Waals surface area contributed by atoms with E-state index in [1.54, 1.807) is 6.92 Å². The zero-order valence-electron chi connectivity index (χ0n) is 11.3. The number of hydrogen-bond acceptors (Lipinski definition) is 3. The maximum Gasteiger partial charge on any atom is 0.515 e. The van der Waals surface area contributed by atoms with Crippen molar-refractivity contribution in [3.8, 4) is 17.0 Å². The summed E-state index contributed by atoms with van der Waals surface area (Å²) in [5.41, 5.74) is 4.09. The summed E-state index contributed by atoms with van der Waals surface area (Å²) in [7, 11) is 0. The lowest BCUT2D eigenvalue weighted by molar-refractivity contribution is 0.103. The highest BCUT2D eigenvalue weighted by molar-refractivity contribution is 5.76. The number of aromatic nitrogens is 1. The molecule has 2 aromatic rings. The van der Waals surface area contributed by atoms with E-state index in [-0.39, 0.29) is 0 Å². The van der Waals surface area contributed by atoms with Crippen molar-refractivity contribution in [1.82, 2.24) is 4.98 Å². The highest BCUT2D eigenvalue weighted by Crippen LogP contribution is 2.32. The van der Waals surface area contributed by atoms with E-state index in [4.69, 9.17) is 9.47 Å². The molecule has 0 aliphatic carbocycles. The molecule has 1 heterocycles. The van der Waals surface area contributed by atoms with E-state index in [0.717, 1.165) is 16.7 Å². The molecule has 0 unspecified atom stereocenters. The molecule has 19 heavy (non-hydrogen) atoms. The molecular formula is C15H17NO3. The quantitative estimate of drug-likeness (QED) is 0.852. The zero-order chi connectivity index (χ0) is 13.8. The Bertz CT molecular complexity index is 570. The molecule has 0 aliphatic rings. The molecule has 4 nitrogen and oxygen atoms in total. The highest BCUT2D eigenvalue weighted by atomic mass is 16.7. The van der Waals surface area contributed by atoms with E-state index < -0.39 is 6.16 Å². The molecule has 1 N–H and O–H groups in total. The van der Waals surface area contributed by atoms with E-state index in [0.29, 0.717) is 12.5 Å². The Morgan fingerprint density at radius 3 is 2.53 bits per heavy atom. The van der Waals surface area contributed by atoms with Crippen LogP contribution in [0.5, 0.6) is 5.88 Å². The first-order chi connectivity index (χ1) is 9.11. The van der Waals surface area contributed by atoms with Gasteiger partial charge in [-0.25, -0.2) is 4.79 Å². The molecule has 0 spiro atoms. The average molecular weight is 259 g/mol. The lowest BCUT2D eigenvalue weighted by atomic mass is 10.0. The Labute approximate surface area is 112 Å². The van der Waals surface area contributed by atoms with Crippen LogP contribution in [0.25, 0.3) is 11.1 Å². The highest BCUT2D eigenvalue weighted by Gasteiger charge is 2.15. The summed E-state index contributed by atoms with van der Waals surface area (Å²) in [6, 6.07) is 8.05. The van der Waals surface area contributed by atoms with Gasteiger partial charge in [0.15, 0.2) is 0 Å². The number of carbonyl (C=O) groups excluding carboxylic acids is 1. The third-order valence-corrected chi connectivity index (χ3v) is 2.83. The van der Waals surface area contributed by atoms with Crippen LogP contribution in [-0.2, 0) is 4.74 Å². The Balaban J connectivity index is 2.32. The second-order valence-corrected chi connectivity index (χ2v) is 4.33. The number of nitrogens with one attached hydrogen (secondary N) is 1. The van der Waals surface area contributed by atoms with Gasteiger partial charge in [-0.15, -0.1) is 0 Å². The molecule has 0 atom stereocenters. The molecule has 1 aromatic heterocycles. The van der Waals surface area contributed by atoms with Gasteiger partial charge in [0.2, 0.25) is 5.88 Å². The minimum Gasteiger partial charge on any atom is -0.434 e. The second-order valence-electron chi connectivity index (χ2n) is 4.33. The molecule has 0 bridgehead atoms. The van der Waals surface area contributed by atoms with E-state index in [2.05, 4.69) is 4.98 Å². The monoisotopic (exact) mass is 259 g/mol. The van der Waals surface area contributed by atoms with Crippen LogP contribution in [-0.4, -0.2) is 17.7 Å². The van der Waals surface area contributed by atoms with E-state index in [1.807, 2.05) is 44.3 Å². The summed E-state index contributed by atoms with van der Waals surface area (Å²) in [5, 5.41) is 0. The fourth-order valence-corrected chi connectivity index (χ4v) is 1.89. The zero-order valence-corrected chi connectivity index (χ0v) is 11.3. The van der Waals surface area contributed by atoms with Gasteiger partial charge in [-0.05, 0) is 31.9 Å². The number of carbonyl (C=O) groups is 1. The molecule has 1 aromatic carbocycles. The van der Waals surface area contributed by atoms with Crippen LogP contribution in [0.15, 0.2) is 30.5 Å². The molecule has 0 aliphatic heterocycles. The topological polar surface area (TPSA) is 51.3 Å². The van der Waals surface area contributed by atoms with Crippen molar-refractivity contribution >= 4 is 6.16 Å². The van der Waals surface area contributed by atoms with Crippen molar-refractivity contribution in [2.75, 3.05) is 6.61 Å². The number of H-pyrrole nitrogens is 1. The van der Waals surface area contributed by atoms with Gasteiger partial charge in [-0.3, -0.25) is 0 Å². The Morgan fingerprint density at radius 1 is 1.21 bits per heavy atom. The molecule has 4 heteroatoms. The Kier molecular flexibility index (Phi) is 3.90. The lowest BCUT2D eigenvalue weighted by Crippen LogP contribution is -2.10. The Hall–Kier alpha value is -2.23. The van der Waals surface area contributed by atoms with Crippen molar-refractivity contribution in [2.45, 2.75) is 20.8 Å². The molecule has 0 radical (unpaired) electrons. The number of aromatic amines is 1. The van der Waals surface area contributed by atoms with Crippen LogP contribution in [0.1, 0.15) is 18.1 Å². The van der Waals surface area contributed by atoms with Gasteiger partial charge < -0.3 is 14.5 Å². The number of rotatable bonds is 3. The molecule has 100 valence electrons. The number of ether oxygens (including phenoxy) is 2. The number of benzene rings is 1. The van der Waals surface area contributed by atoms with Crippen molar-refractivity contribution in [2.24, 2.45) is 0 Å². The summed E-state index contributed by atoms with van der Waals surface area (Å²) >= 11 is 0. The smallest absolute Gasteiger partial charge is 0.434 e. The van der Waals surface area contributed by atoms with Gasteiger partial charge in [0, 0.05) is 11.8 Å². The average Bonchev–Trinajstić information content (AvgIpc) is 2.72. The van der Waals surface area contributed by atoms with E-state index in [1.165, 1.54) is 5.56 Å². The maximum atomic E-state index is 11.4. The molecule has 0 fully saturated rings. The fraction of sp³-hybridized carbons (Fsp3) is 0.267. The molecule has 0 saturated carbocycles. The summed E-state index contributed by atoms with van der Waals surface area (Å²) in [4.78, 5) is 14.3. The standard InChI is InChI=1S/C15H17NO3/c1-4-18-15(17)19-14-13(11(3)9-16-14)12-7-5-10(2)6-8-12/h5-9,16H,4H2,1-3H3. The minimum atomic E-state index is -0.697. The third kappa shape index (κ3) is 2.96. The van der Waals surface area contributed by atoms with Gasteiger partial charge in [0.1, 0.15) is 0 Å². The maximum absolute atomic E-state index is 11.4. The molecule has 2 rings (SSSR count). The minimum absolute atomic E-state index is 0.290. The van der Waals surface area contributed by atoms with Gasteiger partial charge in [-0.1, -0.05) is 29.8 Å². The van der Waals surface area contributed by atoms with Gasteiger partial charge in [-0.2, -0.15) is 0 Å². The van der Waals surface area contributed by atoms with E-state index >= 15 is 0 Å². The second kappa shape index (κ2) is 5.61. The van der Waals surface area contributed by atoms with Crippen LogP contribution in [0.2, 0.25) is 0 Å². The summed E-state index contributed by atoms with van der Waals surface area (Å²) in [6.07, 6.45) is 1.11. The van der Waals surface area contributed by atoms with Crippen LogP contribution in [0, 0.1) is 13.8 Å². The number of aryl methyl sites for hydroxylation is 2. The SMILES string of the molecule is CCOC(=O)Oc1[nH]cc(C)c1-c1ccc(C)cc1.